The van der Waals surface area contributed by atoms with Gasteiger partial charge >= 0.3 is 5.51 Å². The van der Waals surface area contributed by atoms with Crippen LogP contribution in [-0.2, 0) is 28.0 Å². The Hall–Kier alpha value is -1.78. The molecule has 0 spiro atoms. The van der Waals surface area contributed by atoms with Crippen LogP contribution in [0.1, 0.15) is 11.1 Å². The third-order valence-electron chi connectivity index (χ3n) is 3.23. The van der Waals surface area contributed by atoms with Crippen LogP contribution in [0.2, 0.25) is 0 Å². The van der Waals surface area contributed by atoms with Crippen molar-refractivity contribution in [1.29, 1.82) is 0 Å². The van der Waals surface area contributed by atoms with Crippen LogP contribution in [0.4, 0.5) is 18.9 Å². The van der Waals surface area contributed by atoms with Crippen molar-refractivity contribution in [2.75, 3.05) is 4.72 Å². The van der Waals surface area contributed by atoms with Crippen LogP contribution in [-0.4, -0.2) is 18.9 Å². The lowest BCUT2D eigenvalue weighted by molar-refractivity contribution is -0.0329. The second-order valence-corrected chi connectivity index (χ2v) is 7.66. The zero-order valence-electron chi connectivity index (χ0n) is 12.0. The standard InChI is InChI=1S/C14H11F3N2O3S2/c15-14(16,17)23-13-5-4-10(6-18-13)19-24(20,21)12-3-1-2-9-7-22-8-11(9)12/h1-6,19H,7-8H2. The lowest BCUT2D eigenvalue weighted by Gasteiger charge is -2.11. The van der Waals surface area contributed by atoms with E-state index in [-0.39, 0.29) is 34.0 Å². The number of aromatic nitrogens is 1. The van der Waals surface area contributed by atoms with E-state index in [1.54, 1.807) is 12.1 Å². The highest BCUT2D eigenvalue weighted by Crippen LogP contribution is 2.36. The van der Waals surface area contributed by atoms with E-state index in [1.807, 2.05) is 0 Å². The van der Waals surface area contributed by atoms with E-state index in [9.17, 15) is 21.6 Å². The van der Waals surface area contributed by atoms with Crippen LogP contribution < -0.4 is 4.72 Å². The monoisotopic (exact) mass is 376 g/mol. The minimum atomic E-state index is -4.45. The third kappa shape index (κ3) is 3.82. The van der Waals surface area contributed by atoms with Gasteiger partial charge in [-0.1, -0.05) is 12.1 Å². The number of nitrogens with one attached hydrogen (secondary N) is 1. The molecule has 1 aliphatic heterocycles. The Balaban J connectivity index is 1.82. The first-order valence-electron chi connectivity index (χ1n) is 6.68. The first kappa shape index (κ1) is 17.1. The lowest BCUT2D eigenvalue weighted by Crippen LogP contribution is -2.15. The van der Waals surface area contributed by atoms with Crippen LogP contribution >= 0.6 is 11.8 Å². The molecule has 2 heterocycles. The molecule has 128 valence electrons. The highest BCUT2D eigenvalue weighted by molar-refractivity contribution is 8.00. The lowest BCUT2D eigenvalue weighted by atomic mass is 10.1. The number of ether oxygens (including phenoxy) is 1. The molecule has 24 heavy (non-hydrogen) atoms. The normalized spacial score (nSPS) is 14.5. The number of anilines is 1. The molecule has 0 bridgehead atoms. The van der Waals surface area contributed by atoms with Crippen LogP contribution in [0.5, 0.6) is 0 Å². The molecule has 5 nitrogen and oxygen atoms in total. The molecule has 1 aromatic heterocycles. The van der Waals surface area contributed by atoms with Crippen molar-refractivity contribution in [2.45, 2.75) is 28.6 Å². The van der Waals surface area contributed by atoms with Crippen molar-refractivity contribution in [3.63, 3.8) is 0 Å². The van der Waals surface area contributed by atoms with Gasteiger partial charge in [-0.3, -0.25) is 4.72 Å². The molecule has 0 saturated carbocycles. The summed E-state index contributed by atoms with van der Waals surface area (Å²) in [6, 6.07) is 7.19. The SMILES string of the molecule is O=S(=O)(Nc1ccc(SC(F)(F)F)nc1)c1cccc2c1COC2. The van der Waals surface area contributed by atoms with Crippen molar-refractivity contribution >= 4 is 27.5 Å². The van der Waals surface area contributed by atoms with Gasteiger partial charge in [-0.05, 0) is 23.8 Å². The molecule has 2 aromatic rings. The minimum Gasteiger partial charge on any atom is -0.372 e. The van der Waals surface area contributed by atoms with Crippen LogP contribution in [0.3, 0.4) is 0 Å². The van der Waals surface area contributed by atoms with Crippen molar-refractivity contribution in [2.24, 2.45) is 0 Å². The molecule has 1 N–H and O–H groups in total. The van der Waals surface area contributed by atoms with Crippen LogP contribution in [0, 0.1) is 0 Å². The number of pyridine rings is 1. The van der Waals surface area contributed by atoms with Gasteiger partial charge in [-0.15, -0.1) is 0 Å². The molecule has 1 aromatic carbocycles. The molecule has 0 fully saturated rings. The molecular formula is C14H11F3N2O3S2. The summed E-state index contributed by atoms with van der Waals surface area (Å²) >= 11 is -0.365. The highest BCUT2D eigenvalue weighted by Gasteiger charge is 2.30. The summed E-state index contributed by atoms with van der Waals surface area (Å²) < 4.78 is 69.3. The topological polar surface area (TPSA) is 68.3 Å². The molecule has 0 atom stereocenters. The molecule has 0 unspecified atom stereocenters. The number of benzene rings is 1. The molecule has 0 saturated heterocycles. The van der Waals surface area contributed by atoms with E-state index >= 15 is 0 Å². The van der Waals surface area contributed by atoms with Gasteiger partial charge in [0.1, 0.15) is 5.03 Å². The Kier molecular flexibility index (Phi) is 4.45. The number of fused-ring (bicyclic) bond motifs is 1. The van der Waals surface area contributed by atoms with Crippen LogP contribution in [0.25, 0.3) is 0 Å². The summed E-state index contributed by atoms with van der Waals surface area (Å²) in [5, 5.41) is -0.264. The van der Waals surface area contributed by atoms with Gasteiger partial charge in [0.2, 0.25) is 0 Å². The van der Waals surface area contributed by atoms with E-state index < -0.39 is 15.5 Å². The second-order valence-electron chi connectivity index (χ2n) is 4.93. The van der Waals surface area contributed by atoms with Gasteiger partial charge in [0.05, 0.1) is 30.0 Å². The van der Waals surface area contributed by atoms with Gasteiger partial charge in [-0.2, -0.15) is 13.2 Å². The Labute approximate surface area is 140 Å². The van der Waals surface area contributed by atoms with E-state index in [1.165, 1.54) is 12.1 Å². The summed E-state index contributed by atoms with van der Waals surface area (Å²) in [5.41, 5.74) is -2.98. The van der Waals surface area contributed by atoms with Crippen molar-refractivity contribution in [1.82, 2.24) is 4.98 Å². The number of nitrogens with zero attached hydrogens (tertiary/aromatic N) is 1. The second kappa shape index (κ2) is 6.26. The molecule has 10 heteroatoms. The smallest absolute Gasteiger partial charge is 0.372 e. The number of rotatable bonds is 4. The van der Waals surface area contributed by atoms with Crippen molar-refractivity contribution in [3.05, 3.63) is 47.7 Å². The quantitative estimate of drug-likeness (QED) is 0.827. The van der Waals surface area contributed by atoms with E-state index in [0.29, 0.717) is 12.2 Å². The summed E-state index contributed by atoms with van der Waals surface area (Å²) in [7, 11) is -3.89. The van der Waals surface area contributed by atoms with E-state index in [4.69, 9.17) is 4.74 Å². The number of halogens is 3. The fraction of sp³-hybridized carbons (Fsp3) is 0.214. The number of hydrogen-bond acceptors (Lipinski definition) is 5. The molecular weight excluding hydrogens is 365 g/mol. The largest absolute Gasteiger partial charge is 0.447 e. The Morgan fingerprint density at radius 3 is 2.62 bits per heavy atom. The van der Waals surface area contributed by atoms with E-state index in [0.717, 1.165) is 17.8 Å². The first-order chi connectivity index (χ1) is 11.2. The summed E-state index contributed by atoms with van der Waals surface area (Å²) in [5.74, 6) is 0. The maximum atomic E-state index is 12.5. The molecule has 0 radical (unpaired) electrons. The van der Waals surface area contributed by atoms with Gasteiger partial charge in [0.15, 0.2) is 0 Å². The predicted molar refractivity (Wildman–Crippen MR) is 81.9 cm³/mol. The molecule has 0 aliphatic carbocycles. The fourth-order valence-corrected chi connectivity index (χ4v) is 4.05. The number of sulfonamides is 1. The predicted octanol–water partition coefficient (Wildman–Crippen LogP) is 3.52. The summed E-state index contributed by atoms with van der Waals surface area (Å²) in [6.45, 7) is 0.551. The fourth-order valence-electron chi connectivity index (χ4n) is 2.25. The molecule has 3 rings (SSSR count). The Morgan fingerprint density at radius 2 is 1.96 bits per heavy atom. The third-order valence-corrected chi connectivity index (χ3v) is 5.38. The summed E-state index contributed by atoms with van der Waals surface area (Å²) in [4.78, 5) is 3.69. The number of thioether (sulfide) groups is 1. The Bertz CT molecular complexity index is 853. The van der Waals surface area contributed by atoms with Gasteiger partial charge in [-0.25, -0.2) is 13.4 Å². The summed E-state index contributed by atoms with van der Waals surface area (Å²) in [6.07, 6.45) is 1.05. The molecule has 1 aliphatic rings. The highest BCUT2D eigenvalue weighted by atomic mass is 32.2. The first-order valence-corrected chi connectivity index (χ1v) is 8.98. The maximum Gasteiger partial charge on any atom is 0.447 e. The zero-order chi connectivity index (χ0) is 17.4. The number of alkyl halides is 3. The van der Waals surface area contributed by atoms with Gasteiger partial charge in [0, 0.05) is 17.3 Å². The zero-order valence-corrected chi connectivity index (χ0v) is 13.6. The minimum absolute atomic E-state index is 0.0815. The average molecular weight is 376 g/mol. The Morgan fingerprint density at radius 1 is 1.17 bits per heavy atom. The average Bonchev–Trinajstić information content (AvgIpc) is 2.95. The van der Waals surface area contributed by atoms with E-state index in [2.05, 4.69) is 9.71 Å². The van der Waals surface area contributed by atoms with Crippen molar-refractivity contribution < 1.29 is 26.3 Å². The van der Waals surface area contributed by atoms with Gasteiger partial charge < -0.3 is 4.74 Å². The van der Waals surface area contributed by atoms with Gasteiger partial charge in [0.25, 0.3) is 10.0 Å². The maximum absolute atomic E-state index is 12.5. The molecule has 0 amide bonds. The number of hydrogen-bond donors (Lipinski definition) is 1. The van der Waals surface area contributed by atoms with Crippen LogP contribution in [0.15, 0.2) is 46.5 Å². The van der Waals surface area contributed by atoms with Crippen molar-refractivity contribution in [3.8, 4) is 0 Å².